The van der Waals surface area contributed by atoms with Gasteiger partial charge in [0.15, 0.2) is 0 Å². The van der Waals surface area contributed by atoms with Crippen molar-refractivity contribution in [1.29, 1.82) is 0 Å². The number of hydrogen-bond donors (Lipinski definition) is 0. The first-order chi connectivity index (χ1) is 13.4. The van der Waals surface area contributed by atoms with Crippen LogP contribution >= 0.6 is 0 Å². The molecule has 4 heteroatoms. The van der Waals surface area contributed by atoms with Crippen molar-refractivity contribution in [2.24, 2.45) is 0 Å². The molecule has 0 fully saturated rings. The molecule has 4 aromatic rings. The minimum absolute atomic E-state index is 0. The molecule has 2 aliphatic rings. The summed E-state index contributed by atoms with van der Waals surface area (Å²) in [5.74, 6) is 0. The zero-order valence-electron chi connectivity index (χ0n) is 16.4. The van der Waals surface area contributed by atoms with Crippen LogP contribution in [0.5, 0.6) is 0 Å². The summed E-state index contributed by atoms with van der Waals surface area (Å²) in [6, 6.07) is 36.2. The average molecular weight is 523 g/mol. The Hall–Kier alpha value is -1.44. The summed E-state index contributed by atoms with van der Waals surface area (Å²) in [5.41, 5.74) is 13.2. The second-order valence-corrected chi connectivity index (χ2v) is 9.79. The van der Waals surface area contributed by atoms with Gasteiger partial charge in [0.25, 0.3) is 0 Å². The maximum Gasteiger partial charge on any atom is 2.00 e. The van der Waals surface area contributed by atoms with E-state index in [4.69, 9.17) is 0 Å². The van der Waals surface area contributed by atoms with Crippen LogP contribution in [0.2, 0.25) is 0 Å². The zero-order valence-corrected chi connectivity index (χ0v) is 21.7. The van der Waals surface area contributed by atoms with E-state index >= 15 is 0 Å². The number of hydrogen-bond acceptors (Lipinski definition) is 0. The first-order valence-electron chi connectivity index (χ1n) is 9.78. The molecule has 0 spiro atoms. The van der Waals surface area contributed by atoms with E-state index in [1.807, 2.05) is 0 Å². The van der Waals surface area contributed by atoms with Gasteiger partial charge in [-0.25, -0.2) is 0 Å². The SMILES string of the molecule is [Cl-].[Cl-].[Zr+2].c1ccc2c(c1)-c1ccccc1C2[SiH2]C1c2ccccc2-c2ccccc21. The van der Waals surface area contributed by atoms with E-state index in [0.29, 0.717) is 11.1 Å². The molecule has 0 amide bonds. The molecule has 0 bridgehead atoms. The smallest absolute Gasteiger partial charge is 1.00 e. The number of benzene rings is 4. The molecule has 0 radical (unpaired) electrons. The Morgan fingerprint density at radius 2 is 0.633 bits per heavy atom. The van der Waals surface area contributed by atoms with Crippen molar-refractivity contribution < 1.29 is 51.0 Å². The van der Waals surface area contributed by atoms with Gasteiger partial charge in [0.2, 0.25) is 0 Å². The maximum absolute atomic E-state index is 2.36. The molecule has 146 valence electrons. The van der Waals surface area contributed by atoms with Crippen LogP contribution in [-0.4, -0.2) is 9.52 Å². The first kappa shape index (κ1) is 23.2. The first-order valence-corrected chi connectivity index (χ1v) is 11.4. The minimum atomic E-state index is -0.470. The van der Waals surface area contributed by atoms with Gasteiger partial charge >= 0.3 is 26.2 Å². The summed E-state index contributed by atoms with van der Waals surface area (Å²) >= 11 is 0. The van der Waals surface area contributed by atoms with Crippen LogP contribution < -0.4 is 24.8 Å². The fourth-order valence-electron chi connectivity index (χ4n) is 5.26. The van der Waals surface area contributed by atoms with Gasteiger partial charge in [-0.3, -0.25) is 0 Å². The molecule has 30 heavy (non-hydrogen) atoms. The molecule has 0 aromatic heterocycles. The second kappa shape index (κ2) is 9.37. The van der Waals surface area contributed by atoms with Crippen LogP contribution in [0.4, 0.5) is 0 Å². The Morgan fingerprint density at radius 3 is 0.900 bits per heavy atom. The molecule has 6 rings (SSSR count). The summed E-state index contributed by atoms with van der Waals surface area (Å²) in [4.78, 5) is 0. The fraction of sp³-hybridized carbons (Fsp3) is 0.0769. The Morgan fingerprint density at radius 1 is 0.400 bits per heavy atom. The third-order valence-electron chi connectivity index (χ3n) is 6.40. The summed E-state index contributed by atoms with van der Waals surface area (Å²) in [6.45, 7) is 0. The predicted molar refractivity (Wildman–Crippen MR) is 116 cm³/mol. The van der Waals surface area contributed by atoms with Gasteiger partial charge in [0, 0.05) is 9.52 Å². The van der Waals surface area contributed by atoms with E-state index in [-0.39, 0.29) is 51.0 Å². The molecule has 0 N–H and O–H groups in total. The van der Waals surface area contributed by atoms with Gasteiger partial charge < -0.3 is 24.8 Å². The topological polar surface area (TPSA) is 0 Å². The van der Waals surface area contributed by atoms with Crippen molar-refractivity contribution in [3.8, 4) is 22.3 Å². The monoisotopic (exact) mass is 520 g/mol. The average Bonchev–Trinajstić information content (AvgIpc) is 3.23. The number of halogens is 2. The zero-order chi connectivity index (χ0) is 17.8. The predicted octanol–water partition coefficient (Wildman–Crippen LogP) is -0.299. The van der Waals surface area contributed by atoms with Crippen LogP contribution in [0, 0.1) is 0 Å². The summed E-state index contributed by atoms with van der Waals surface area (Å²) in [7, 11) is -0.470. The van der Waals surface area contributed by atoms with Gasteiger partial charge in [0.05, 0.1) is 0 Å². The van der Waals surface area contributed by atoms with E-state index < -0.39 is 9.52 Å². The molecule has 0 atom stereocenters. The Balaban J connectivity index is 0.000000853. The maximum atomic E-state index is 2.36. The van der Waals surface area contributed by atoms with Crippen LogP contribution in [0.15, 0.2) is 97.1 Å². The van der Waals surface area contributed by atoms with Crippen molar-refractivity contribution >= 4 is 9.52 Å². The third kappa shape index (κ3) is 3.49. The Labute approximate surface area is 211 Å². The van der Waals surface area contributed by atoms with Crippen molar-refractivity contribution in [1.82, 2.24) is 0 Å². The molecule has 0 nitrogen and oxygen atoms in total. The van der Waals surface area contributed by atoms with Crippen LogP contribution in [0.3, 0.4) is 0 Å². The number of rotatable bonds is 2. The van der Waals surface area contributed by atoms with E-state index in [2.05, 4.69) is 97.1 Å². The van der Waals surface area contributed by atoms with E-state index in [1.165, 1.54) is 22.3 Å². The summed E-state index contributed by atoms with van der Waals surface area (Å²) < 4.78 is 0. The number of fused-ring (bicyclic) bond motifs is 6. The van der Waals surface area contributed by atoms with Crippen molar-refractivity contribution in [2.75, 3.05) is 0 Å². The standard InChI is InChI=1S/C26H20Si.2ClH.Zr/c1-5-13-21-17(9-1)18-10-2-6-14-22(18)25(21)27-26-23-15-7-3-11-19(23)20-12-4-8-16-24(20)26;;;/h1-16,25-26H,27H2;2*1H;/q;;;+2/p-2. The van der Waals surface area contributed by atoms with Crippen molar-refractivity contribution in [3.05, 3.63) is 119 Å². The van der Waals surface area contributed by atoms with Crippen LogP contribution in [0.25, 0.3) is 22.3 Å². The van der Waals surface area contributed by atoms with Gasteiger partial charge in [0.1, 0.15) is 0 Å². The quantitative estimate of drug-likeness (QED) is 0.318. The Bertz CT molecular complexity index is 1010. The molecular weight excluding hydrogens is 503 g/mol. The summed E-state index contributed by atoms with van der Waals surface area (Å²) in [6.07, 6.45) is 0. The normalized spacial score (nSPS) is 13.1. The molecule has 2 aliphatic carbocycles. The van der Waals surface area contributed by atoms with Crippen molar-refractivity contribution in [2.45, 2.75) is 11.1 Å². The molecule has 0 heterocycles. The van der Waals surface area contributed by atoms with Crippen LogP contribution in [-0.2, 0) is 26.2 Å². The molecule has 0 saturated heterocycles. The Kier molecular flexibility index (Phi) is 7.25. The molecule has 0 aliphatic heterocycles. The largest absolute Gasteiger partial charge is 2.00 e. The molecule has 4 aromatic carbocycles. The molecule has 0 unspecified atom stereocenters. The van der Waals surface area contributed by atoms with E-state index in [9.17, 15) is 0 Å². The van der Waals surface area contributed by atoms with Gasteiger partial charge in [-0.2, -0.15) is 0 Å². The van der Waals surface area contributed by atoms with E-state index in [0.717, 1.165) is 0 Å². The molecular formula is C26H20Cl2SiZr. The second-order valence-electron chi connectivity index (χ2n) is 7.69. The third-order valence-corrected chi connectivity index (χ3v) is 9.10. The fourth-order valence-corrected chi connectivity index (χ4v) is 8.17. The van der Waals surface area contributed by atoms with Gasteiger partial charge in [-0.05, 0) is 55.6 Å². The summed E-state index contributed by atoms with van der Waals surface area (Å²) in [5, 5.41) is 0. The van der Waals surface area contributed by atoms with Gasteiger partial charge in [-0.1, -0.05) is 97.1 Å². The van der Waals surface area contributed by atoms with Gasteiger partial charge in [-0.15, -0.1) is 0 Å². The van der Waals surface area contributed by atoms with E-state index in [1.54, 1.807) is 22.3 Å². The van der Waals surface area contributed by atoms with Crippen LogP contribution in [0.1, 0.15) is 33.3 Å². The van der Waals surface area contributed by atoms with Crippen molar-refractivity contribution in [3.63, 3.8) is 0 Å². The minimum Gasteiger partial charge on any atom is -1.00 e. The molecule has 0 saturated carbocycles.